The number of rotatable bonds is 3. The van der Waals surface area contributed by atoms with Gasteiger partial charge in [0.1, 0.15) is 0 Å². The number of likely N-dealkylation sites (N-methyl/N-ethyl adjacent to an activating group) is 1. The van der Waals surface area contributed by atoms with Gasteiger partial charge in [0.2, 0.25) is 0 Å². The Morgan fingerprint density at radius 3 is 3.13 bits per heavy atom. The third-order valence-corrected chi connectivity index (χ3v) is 3.55. The Labute approximate surface area is 101 Å². The molecule has 2 rings (SSSR count). The zero-order chi connectivity index (χ0) is 9.80. The van der Waals surface area contributed by atoms with Crippen LogP contribution in [0.1, 0.15) is 17.7 Å². The molecule has 1 aromatic heterocycles. The molecule has 86 valence electrons. The Morgan fingerprint density at radius 1 is 1.67 bits per heavy atom. The van der Waals surface area contributed by atoms with Gasteiger partial charge in [-0.15, -0.1) is 23.7 Å². The van der Waals surface area contributed by atoms with Crippen LogP contribution in [0.4, 0.5) is 0 Å². The minimum Gasteiger partial charge on any atom is -0.315 e. The summed E-state index contributed by atoms with van der Waals surface area (Å²) in [5.41, 5.74) is 1.91. The van der Waals surface area contributed by atoms with Gasteiger partial charge in [0.05, 0.1) is 5.51 Å². The monoisotopic (exact) mass is 247 g/mol. The molecule has 0 radical (unpaired) electrons. The van der Waals surface area contributed by atoms with Gasteiger partial charge in [0.25, 0.3) is 0 Å². The van der Waals surface area contributed by atoms with Crippen molar-refractivity contribution in [2.75, 3.05) is 20.1 Å². The van der Waals surface area contributed by atoms with Crippen molar-refractivity contribution >= 4 is 23.7 Å². The molecule has 1 aliphatic rings. The van der Waals surface area contributed by atoms with Gasteiger partial charge in [0, 0.05) is 30.2 Å². The maximum Gasteiger partial charge on any atom is 0.0794 e. The van der Waals surface area contributed by atoms with Gasteiger partial charge in [-0.2, -0.15) is 0 Å². The first-order valence-electron chi connectivity index (χ1n) is 5.14. The van der Waals surface area contributed by atoms with E-state index in [0.717, 1.165) is 13.1 Å². The van der Waals surface area contributed by atoms with Crippen LogP contribution in [0, 0.1) is 0 Å². The van der Waals surface area contributed by atoms with E-state index < -0.39 is 0 Å². The van der Waals surface area contributed by atoms with Crippen LogP contribution < -0.4 is 5.32 Å². The number of hydrogen-bond acceptors (Lipinski definition) is 4. The van der Waals surface area contributed by atoms with Crippen LogP contribution in [-0.2, 0) is 6.54 Å². The molecule has 1 aromatic rings. The Balaban J connectivity index is 0.00000112. The average Bonchev–Trinajstić information content (AvgIpc) is 2.72. The Bertz CT molecular complexity index is 260. The molecule has 0 unspecified atom stereocenters. The van der Waals surface area contributed by atoms with E-state index in [4.69, 9.17) is 0 Å². The second-order valence-electron chi connectivity index (χ2n) is 3.88. The second-order valence-corrected chi connectivity index (χ2v) is 4.85. The summed E-state index contributed by atoms with van der Waals surface area (Å²) in [7, 11) is 2.21. The number of piperidine rings is 1. The number of thiazole rings is 1. The van der Waals surface area contributed by atoms with Crippen LogP contribution in [0.5, 0.6) is 0 Å². The highest BCUT2D eigenvalue weighted by Crippen LogP contribution is 2.14. The van der Waals surface area contributed by atoms with Gasteiger partial charge in [0.15, 0.2) is 0 Å². The van der Waals surface area contributed by atoms with Crippen LogP contribution in [0.25, 0.3) is 0 Å². The fraction of sp³-hybridized carbons (Fsp3) is 0.700. The average molecular weight is 248 g/mol. The molecule has 5 heteroatoms. The molecule has 0 amide bonds. The molecule has 0 bridgehead atoms. The normalized spacial score (nSPS) is 21.3. The summed E-state index contributed by atoms with van der Waals surface area (Å²) in [5.74, 6) is 0. The summed E-state index contributed by atoms with van der Waals surface area (Å²) >= 11 is 1.74. The van der Waals surface area contributed by atoms with Gasteiger partial charge in [-0.25, -0.2) is 0 Å². The van der Waals surface area contributed by atoms with Crippen LogP contribution >= 0.6 is 23.7 Å². The molecular weight excluding hydrogens is 230 g/mol. The van der Waals surface area contributed by atoms with Crippen molar-refractivity contribution < 1.29 is 0 Å². The summed E-state index contributed by atoms with van der Waals surface area (Å²) in [6.45, 7) is 3.36. The molecule has 2 heterocycles. The molecule has 1 aliphatic heterocycles. The van der Waals surface area contributed by atoms with Crippen molar-refractivity contribution in [2.45, 2.75) is 25.4 Å². The van der Waals surface area contributed by atoms with Crippen molar-refractivity contribution in [3.8, 4) is 0 Å². The van der Waals surface area contributed by atoms with E-state index in [9.17, 15) is 0 Å². The molecule has 1 atom stereocenters. The van der Waals surface area contributed by atoms with Crippen LogP contribution in [0.3, 0.4) is 0 Å². The first kappa shape index (κ1) is 12.9. The minimum atomic E-state index is 0. The van der Waals surface area contributed by atoms with Crippen molar-refractivity contribution in [1.82, 2.24) is 15.2 Å². The quantitative estimate of drug-likeness (QED) is 0.882. The SMILES string of the molecule is CN(Cc1cncs1)[C@H]1CCCNC1.Cl. The van der Waals surface area contributed by atoms with Crippen LogP contribution in [-0.4, -0.2) is 36.1 Å². The third-order valence-electron chi connectivity index (χ3n) is 2.78. The number of nitrogens with zero attached hydrogens (tertiary/aromatic N) is 2. The Morgan fingerprint density at radius 2 is 2.53 bits per heavy atom. The van der Waals surface area contributed by atoms with Gasteiger partial charge in [-0.3, -0.25) is 9.88 Å². The van der Waals surface area contributed by atoms with Crippen LogP contribution in [0.15, 0.2) is 11.7 Å². The highest BCUT2D eigenvalue weighted by Gasteiger charge is 2.17. The topological polar surface area (TPSA) is 28.2 Å². The fourth-order valence-corrected chi connectivity index (χ4v) is 2.56. The van der Waals surface area contributed by atoms with E-state index in [1.54, 1.807) is 11.3 Å². The summed E-state index contributed by atoms with van der Waals surface area (Å²) in [6, 6.07) is 0.700. The maximum absolute atomic E-state index is 4.10. The molecule has 1 N–H and O–H groups in total. The van der Waals surface area contributed by atoms with E-state index in [0.29, 0.717) is 6.04 Å². The highest BCUT2D eigenvalue weighted by atomic mass is 35.5. The van der Waals surface area contributed by atoms with Crippen molar-refractivity contribution in [1.29, 1.82) is 0 Å². The smallest absolute Gasteiger partial charge is 0.0794 e. The molecule has 15 heavy (non-hydrogen) atoms. The number of halogens is 1. The molecule has 0 aliphatic carbocycles. The molecule has 1 fully saturated rings. The van der Waals surface area contributed by atoms with Gasteiger partial charge in [-0.05, 0) is 26.4 Å². The zero-order valence-electron chi connectivity index (χ0n) is 8.98. The van der Waals surface area contributed by atoms with E-state index in [-0.39, 0.29) is 12.4 Å². The summed E-state index contributed by atoms with van der Waals surface area (Å²) in [5, 5.41) is 3.44. The van der Waals surface area contributed by atoms with E-state index in [2.05, 4.69) is 22.2 Å². The first-order valence-corrected chi connectivity index (χ1v) is 6.02. The van der Waals surface area contributed by atoms with Crippen molar-refractivity contribution in [3.05, 3.63) is 16.6 Å². The number of aromatic nitrogens is 1. The largest absolute Gasteiger partial charge is 0.315 e. The Kier molecular flexibility index (Phi) is 5.53. The molecule has 0 aromatic carbocycles. The van der Waals surface area contributed by atoms with E-state index in [1.165, 1.54) is 24.3 Å². The van der Waals surface area contributed by atoms with Crippen molar-refractivity contribution in [2.24, 2.45) is 0 Å². The lowest BCUT2D eigenvalue weighted by atomic mass is 10.1. The maximum atomic E-state index is 4.10. The predicted octanol–water partition coefficient (Wildman–Crippen LogP) is 1.75. The molecule has 0 spiro atoms. The lowest BCUT2D eigenvalue weighted by Gasteiger charge is -2.31. The van der Waals surface area contributed by atoms with Gasteiger partial charge < -0.3 is 5.32 Å². The first-order chi connectivity index (χ1) is 6.86. The molecule has 1 saturated heterocycles. The zero-order valence-corrected chi connectivity index (χ0v) is 10.6. The van der Waals surface area contributed by atoms with Crippen molar-refractivity contribution in [3.63, 3.8) is 0 Å². The number of hydrogen-bond donors (Lipinski definition) is 1. The molecular formula is C10H18ClN3S. The summed E-state index contributed by atoms with van der Waals surface area (Å²) < 4.78 is 0. The molecule has 0 saturated carbocycles. The van der Waals surface area contributed by atoms with Crippen LogP contribution in [0.2, 0.25) is 0 Å². The van der Waals surface area contributed by atoms with E-state index >= 15 is 0 Å². The fourth-order valence-electron chi connectivity index (χ4n) is 1.90. The van der Waals surface area contributed by atoms with Gasteiger partial charge in [-0.1, -0.05) is 0 Å². The third kappa shape index (κ3) is 3.72. The molecule has 3 nitrogen and oxygen atoms in total. The lowest BCUT2D eigenvalue weighted by molar-refractivity contribution is 0.197. The predicted molar refractivity (Wildman–Crippen MR) is 66.7 cm³/mol. The second kappa shape index (κ2) is 6.43. The lowest BCUT2D eigenvalue weighted by Crippen LogP contribution is -2.43. The number of nitrogens with one attached hydrogen (secondary N) is 1. The van der Waals surface area contributed by atoms with Gasteiger partial charge >= 0.3 is 0 Å². The minimum absolute atomic E-state index is 0. The Hall–Kier alpha value is -0.160. The highest BCUT2D eigenvalue weighted by molar-refractivity contribution is 7.09. The summed E-state index contributed by atoms with van der Waals surface area (Å²) in [4.78, 5) is 7.89. The summed E-state index contributed by atoms with van der Waals surface area (Å²) in [6.07, 6.45) is 4.59. The van der Waals surface area contributed by atoms with E-state index in [1.807, 2.05) is 11.7 Å². The standard InChI is InChI=1S/C10H17N3S.ClH/c1-13(7-10-6-12-8-14-10)9-3-2-4-11-5-9;/h6,8-9,11H,2-5,7H2,1H3;1H/t9-;/m0./s1.